The van der Waals surface area contributed by atoms with E-state index in [1.54, 1.807) is 30.5 Å². The molecule has 2 heterocycles. The molecule has 1 saturated heterocycles. The Balaban J connectivity index is 1.88. The normalized spacial score (nSPS) is 14.6. The maximum Gasteiger partial charge on any atom is 0.269 e. The summed E-state index contributed by atoms with van der Waals surface area (Å²) in [6, 6.07) is 6.95. The van der Waals surface area contributed by atoms with Gasteiger partial charge in [-0.25, -0.2) is 4.68 Å². The molecule has 0 radical (unpaired) electrons. The third kappa shape index (κ3) is 2.88. The molecule has 0 spiro atoms. The Morgan fingerprint density at radius 3 is 2.71 bits per heavy atom. The van der Waals surface area contributed by atoms with Crippen molar-refractivity contribution in [3.05, 3.63) is 51.4 Å². The van der Waals surface area contributed by atoms with Crippen LogP contribution in [0.25, 0.3) is 0 Å². The Morgan fingerprint density at radius 1 is 1.29 bits per heavy atom. The Hall–Kier alpha value is -2.01. The van der Waals surface area contributed by atoms with Crippen molar-refractivity contribution < 1.29 is 0 Å². The molecule has 1 aliphatic rings. The molecule has 0 unspecified atom stereocenters. The first-order valence-corrected chi connectivity index (χ1v) is 7.38. The fourth-order valence-corrected chi connectivity index (χ4v) is 2.82. The minimum atomic E-state index is -0.140. The molecule has 0 amide bonds. The van der Waals surface area contributed by atoms with Crippen molar-refractivity contribution in [3.63, 3.8) is 0 Å². The van der Waals surface area contributed by atoms with Gasteiger partial charge in [-0.15, -0.1) is 0 Å². The molecular weight excluding hydrogens is 288 g/mol. The minimum Gasteiger partial charge on any atom is -0.398 e. The van der Waals surface area contributed by atoms with Crippen molar-refractivity contribution in [2.45, 2.75) is 19.4 Å². The van der Waals surface area contributed by atoms with Crippen LogP contribution in [0.1, 0.15) is 18.4 Å². The van der Waals surface area contributed by atoms with Crippen molar-refractivity contribution >= 4 is 23.0 Å². The lowest BCUT2D eigenvalue weighted by atomic mass is 10.2. The van der Waals surface area contributed by atoms with E-state index < -0.39 is 0 Å². The third-order valence-electron chi connectivity index (χ3n) is 3.79. The maximum atomic E-state index is 12.2. The summed E-state index contributed by atoms with van der Waals surface area (Å²) < 4.78 is 1.39. The molecular formula is C15H17ClN4O. The van der Waals surface area contributed by atoms with Gasteiger partial charge in [-0.1, -0.05) is 17.7 Å². The van der Waals surface area contributed by atoms with Crippen LogP contribution >= 0.6 is 11.6 Å². The van der Waals surface area contributed by atoms with Gasteiger partial charge in [0.15, 0.2) is 0 Å². The van der Waals surface area contributed by atoms with E-state index in [4.69, 9.17) is 17.3 Å². The molecule has 110 valence electrons. The lowest BCUT2D eigenvalue weighted by Gasteiger charge is -2.17. The Kier molecular flexibility index (Phi) is 3.84. The molecule has 1 aromatic carbocycles. The molecule has 0 bridgehead atoms. The molecule has 2 N–H and O–H groups in total. The largest absolute Gasteiger partial charge is 0.398 e. The predicted molar refractivity (Wildman–Crippen MR) is 84.9 cm³/mol. The number of halogens is 1. The van der Waals surface area contributed by atoms with Gasteiger partial charge in [0.25, 0.3) is 5.56 Å². The molecule has 6 heteroatoms. The molecule has 0 saturated carbocycles. The minimum absolute atomic E-state index is 0.140. The highest BCUT2D eigenvalue weighted by molar-refractivity contribution is 6.31. The summed E-state index contributed by atoms with van der Waals surface area (Å²) in [7, 11) is 0. The van der Waals surface area contributed by atoms with E-state index in [-0.39, 0.29) is 12.1 Å². The average Bonchev–Trinajstić information content (AvgIpc) is 2.98. The predicted octanol–water partition coefficient (Wildman–Crippen LogP) is 2.13. The summed E-state index contributed by atoms with van der Waals surface area (Å²) in [4.78, 5) is 14.4. The highest BCUT2D eigenvalue weighted by Crippen LogP contribution is 2.22. The van der Waals surface area contributed by atoms with Crippen LogP contribution in [-0.2, 0) is 6.54 Å². The number of rotatable bonds is 3. The van der Waals surface area contributed by atoms with Crippen LogP contribution < -0.4 is 16.2 Å². The molecule has 1 fully saturated rings. The molecule has 5 nitrogen and oxygen atoms in total. The van der Waals surface area contributed by atoms with Crippen LogP contribution in [0.15, 0.2) is 35.3 Å². The van der Waals surface area contributed by atoms with Gasteiger partial charge in [0.1, 0.15) is 0 Å². The smallest absolute Gasteiger partial charge is 0.269 e. The fourth-order valence-electron chi connectivity index (χ4n) is 2.58. The lowest BCUT2D eigenvalue weighted by molar-refractivity contribution is 0.638. The van der Waals surface area contributed by atoms with Gasteiger partial charge in [0, 0.05) is 35.4 Å². The molecule has 21 heavy (non-hydrogen) atoms. The maximum absolute atomic E-state index is 12.2. The molecule has 0 atom stereocenters. The third-order valence-corrected chi connectivity index (χ3v) is 4.14. The van der Waals surface area contributed by atoms with Crippen LogP contribution in [-0.4, -0.2) is 22.9 Å². The number of benzene rings is 1. The molecule has 1 aromatic heterocycles. The van der Waals surface area contributed by atoms with Crippen molar-refractivity contribution in [2.75, 3.05) is 23.7 Å². The van der Waals surface area contributed by atoms with Crippen LogP contribution in [0.2, 0.25) is 5.02 Å². The number of nitrogens with zero attached hydrogens (tertiary/aromatic N) is 3. The number of aromatic nitrogens is 2. The summed E-state index contributed by atoms with van der Waals surface area (Å²) in [5, 5.41) is 4.80. The lowest BCUT2D eigenvalue weighted by Crippen LogP contribution is -2.26. The first-order chi connectivity index (χ1) is 10.1. The van der Waals surface area contributed by atoms with Crippen LogP contribution in [0.3, 0.4) is 0 Å². The van der Waals surface area contributed by atoms with Crippen molar-refractivity contribution in [1.29, 1.82) is 0 Å². The highest BCUT2D eigenvalue weighted by atomic mass is 35.5. The van der Waals surface area contributed by atoms with E-state index in [1.807, 2.05) is 0 Å². The summed E-state index contributed by atoms with van der Waals surface area (Å²) in [6.45, 7) is 2.26. The Morgan fingerprint density at radius 2 is 2.05 bits per heavy atom. The number of hydrogen-bond acceptors (Lipinski definition) is 4. The van der Waals surface area contributed by atoms with Gasteiger partial charge >= 0.3 is 0 Å². The monoisotopic (exact) mass is 304 g/mol. The zero-order chi connectivity index (χ0) is 14.8. The standard InChI is InChI=1S/C15H17ClN4O/c16-13-4-3-5-14(17)12(13)10-20-15(21)8-11(9-18-20)19-6-1-2-7-19/h3-5,8-9H,1-2,6-7,10,17H2. The number of nitrogens with two attached hydrogens (primary N) is 1. The van der Waals surface area contributed by atoms with E-state index in [1.165, 1.54) is 17.5 Å². The Labute approximate surface area is 127 Å². The molecule has 0 aliphatic carbocycles. The number of anilines is 2. The van der Waals surface area contributed by atoms with E-state index in [2.05, 4.69) is 10.00 Å². The average molecular weight is 305 g/mol. The number of hydrogen-bond donors (Lipinski definition) is 1. The van der Waals surface area contributed by atoms with Gasteiger partial charge in [0.05, 0.1) is 18.4 Å². The first-order valence-electron chi connectivity index (χ1n) is 7.00. The van der Waals surface area contributed by atoms with Gasteiger partial charge in [-0.05, 0) is 25.0 Å². The van der Waals surface area contributed by atoms with E-state index in [0.717, 1.165) is 24.3 Å². The SMILES string of the molecule is Nc1cccc(Cl)c1Cn1ncc(N2CCCC2)cc1=O. The summed E-state index contributed by atoms with van der Waals surface area (Å²) >= 11 is 6.14. The zero-order valence-corrected chi connectivity index (χ0v) is 12.4. The van der Waals surface area contributed by atoms with Gasteiger partial charge < -0.3 is 10.6 Å². The van der Waals surface area contributed by atoms with Crippen molar-refractivity contribution in [1.82, 2.24) is 9.78 Å². The van der Waals surface area contributed by atoms with E-state index in [0.29, 0.717) is 10.7 Å². The van der Waals surface area contributed by atoms with E-state index in [9.17, 15) is 4.79 Å². The van der Waals surface area contributed by atoms with Crippen LogP contribution in [0.4, 0.5) is 11.4 Å². The van der Waals surface area contributed by atoms with Crippen molar-refractivity contribution in [3.8, 4) is 0 Å². The quantitative estimate of drug-likeness (QED) is 0.882. The Bertz CT molecular complexity index is 687. The summed E-state index contributed by atoms with van der Waals surface area (Å²) in [6.07, 6.45) is 4.07. The zero-order valence-electron chi connectivity index (χ0n) is 11.6. The van der Waals surface area contributed by atoms with E-state index >= 15 is 0 Å². The van der Waals surface area contributed by atoms with Crippen LogP contribution in [0, 0.1) is 0 Å². The second kappa shape index (κ2) is 5.77. The van der Waals surface area contributed by atoms with Gasteiger partial charge in [-0.3, -0.25) is 4.79 Å². The highest BCUT2D eigenvalue weighted by Gasteiger charge is 2.14. The number of nitrogen functional groups attached to an aromatic ring is 1. The van der Waals surface area contributed by atoms with Gasteiger partial charge in [-0.2, -0.15) is 5.10 Å². The second-order valence-corrected chi connectivity index (χ2v) is 5.62. The van der Waals surface area contributed by atoms with Crippen LogP contribution in [0.5, 0.6) is 0 Å². The molecule has 1 aliphatic heterocycles. The summed E-state index contributed by atoms with van der Waals surface area (Å²) in [5.74, 6) is 0. The fraction of sp³-hybridized carbons (Fsp3) is 0.333. The molecule has 2 aromatic rings. The molecule has 3 rings (SSSR count). The first kappa shape index (κ1) is 13.9. The topological polar surface area (TPSA) is 64.2 Å². The summed E-state index contributed by atoms with van der Waals surface area (Å²) in [5.41, 5.74) is 7.96. The van der Waals surface area contributed by atoms with Gasteiger partial charge in [0.2, 0.25) is 0 Å². The van der Waals surface area contributed by atoms with Crippen molar-refractivity contribution in [2.24, 2.45) is 0 Å². The second-order valence-electron chi connectivity index (χ2n) is 5.21.